The van der Waals surface area contributed by atoms with E-state index in [0.717, 1.165) is 21.9 Å². The number of nitrogens with one attached hydrogen (secondary N) is 1. The Balaban J connectivity index is 1.18. The molecule has 7 nitrogen and oxygen atoms in total. The first kappa shape index (κ1) is 18.6. The van der Waals surface area contributed by atoms with Crippen LogP contribution in [-0.4, -0.2) is 39.2 Å². The van der Waals surface area contributed by atoms with Crippen molar-refractivity contribution in [3.63, 3.8) is 0 Å². The van der Waals surface area contributed by atoms with Crippen LogP contribution >= 0.6 is 11.3 Å². The van der Waals surface area contributed by atoms with Crippen LogP contribution in [-0.2, 0) is 4.79 Å². The molecule has 1 aromatic carbocycles. The molecule has 30 heavy (non-hydrogen) atoms. The Morgan fingerprint density at radius 2 is 1.93 bits per heavy atom. The van der Waals surface area contributed by atoms with Crippen LogP contribution in [0.3, 0.4) is 0 Å². The summed E-state index contributed by atoms with van der Waals surface area (Å²) in [5, 5.41) is 5.00. The van der Waals surface area contributed by atoms with Crippen molar-refractivity contribution in [2.75, 3.05) is 18.4 Å². The number of hydrogen-bond acceptors (Lipinski definition) is 5. The quantitative estimate of drug-likeness (QED) is 0.538. The minimum absolute atomic E-state index is 0.00430. The lowest BCUT2D eigenvalue weighted by Crippen LogP contribution is -2.41. The summed E-state index contributed by atoms with van der Waals surface area (Å²) < 4.78 is 7.18. The first-order chi connectivity index (χ1) is 14.7. The third-order valence-electron chi connectivity index (χ3n) is 5.43. The summed E-state index contributed by atoms with van der Waals surface area (Å²) in [6.07, 6.45) is 6.76. The molecule has 2 amide bonds. The van der Waals surface area contributed by atoms with Gasteiger partial charge in [-0.25, -0.2) is 4.98 Å². The van der Waals surface area contributed by atoms with Gasteiger partial charge >= 0.3 is 0 Å². The molecule has 152 valence electrons. The molecule has 1 saturated heterocycles. The maximum atomic E-state index is 12.7. The van der Waals surface area contributed by atoms with Gasteiger partial charge in [-0.05, 0) is 37.1 Å². The number of likely N-dealkylation sites (tertiary alicyclic amines) is 1. The summed E-state index contributed by atoms with van der Waals surface area (Å²) in [4.78, 5) is 32.3. The number of fused-ring (bicyclic) bond motifs is 1. The second kappa shape index (κ2) is 7.79. The molecule has 0 spiro atoms. The first-order valence-corrected chi connectivity index (χ1v) is 10.7. The summed E-state index contributed by atoms with van der Waals surface area (Å²) in [6, 6.07) is 11.1. The molecular weight excluding hydrogens is 400 g/mol. The van der Waals surface area contributed by atoms with Gasteiger partial charge in [-0.3, -0.25) is 14.0 Å². The molecule has 0 aliphatic carbocycles. The van der Waals surface area contributed by atoms with Crippen LogP contribution in [0.1, 0.15) is 23.4 Å². The molecule has 5 rings (SSSR count). The zero-order valence-corrected chi connectivity index (χ0v) is 17.0. The highest BCUT2D eigenvalue weighted by atomic mass is 32.1. The van der Waals surface area contributed by atoms with E-state index in [1.807, 2.05) is 46.4 Å². The van der Waals surface area contributed by atoms with Gasteiger partial charge in [-0.1, -0.05) is 12.1 Å². The van der Waals surface area contributed by atoms with Gasteiger partial charge < -0.3 is 14.6 Å². The van der Waals surface area contributed by atoms with Crippen LogP contribution in [0.2, 0.25) is 0 Å². The monoisotopic (exact) mass is 420 g/mol. The number of imidazole rings is 1. The number of anilines is 1. The predicted molar refractivity (Wildman–Crippen MR) is 114 cm³/mol. The number of furan rings is 1. The van der Waals surface area contributed by atoms with Gasteiger partial charge in [-0.2, -0.15) is 0 Å². The van der Waals surface area contributed by atoms with E-state index in [2.05, 4.69) is 10.3 Å². The van der Waals surface area contributed by atoms with Crippen molar-refractivity contribution in [3.8, 4) is 11.3 Å². The van der Waals surface area contributed by atoms with Crippen LogP contribution in [0.25, 0.3) is 16.2 Å². The third-order valence-corrected chi connectivity index (χ3v) is 6.20. The summed E-state index contributed by atoms with van der Waals surface area (Å²) >= 11 is 1.60. The SMILES string of the molecule is O=C(Nc1ccc(-c2cn3ccsc3n2)cc1)C1CCN(C(=O)c2ccco2)CC1. The fourth-order valence-electron chi connectivity index (χ4n) is 3.74. The molecule has 0 radical (unpaired) electrons. The number of amides is 2. The second-order valence-electron chi connectivity index (χ2n) is 7.33. The summed E-state index contributed by atoms with van der Waals surface area (Å²) in [5.41, 5.74) is 2.68. The lowest BCUT2D eigenvalue weighted by atomic mass is 9.95. The maximum absolute atomic E-state index is 12.7. The van der Waals surface area contributed by atoms with E-state index in [1.165, 1.54) is 6.26 Å². The zero-order chi connectivity index (χ0) is 20.5. The fraction of sp³-hybridized carbons (Fsp3) is 0.227. The molecule has 0 saturated carbocycles. The fourth-order valence-corrected chi connectivity index (χ4v) is 4.44. The van der Waals surface area contributed by atoms with Crippen LogP contribution in [0.5, 0.6) is 0 Å². The van der Waals surface area contributed by atoms with Crippen molar-refractivity contribution in [1.82, 2.24) is 14.3 Å². The number of thiazole rings is 1. The van der Waals surface area contributed by atoms with Crippen molar-refractivity contribution in [1.29, 1.82) is 0 Å². The standard InChI is InChI=1S/C22H20N4O3S/c27-20(16-7-9-25(10-8-16)21(28)19-2-1-12-29-19)23-17-5-3-15(4-6-17)18-14-26-11-13-30-22(26)24-18/h1-6,11-14,16H,7-10H2,(H,23,27). The minimum atomic E-state index is -0.117. The van der Waals surface area contributed by atoms with E-state index in [1.54, 1.807) is 28.4 Å². The predicted octanol–water partition coefficient (Wildman–Crippen LogP) is 4.15. The lowest BCUT2D eigenvalue weighted by Gasteiger charge is -2.30. The van der Waals surface area contributed by atoms with Crippen LogP contribution in [0, 0.1) is 5.92 Å². The normalized spacial score (nSPS) is 14.9. The largest absolute Gasteiger partial charge is 0.459 e. The zero-order valence-electron chi connectivity index (χ0n) is 16.2. The summed E-state index contributed by atoms with van der Waals surface area (Å²) in [6.45, 7) is 1.10. The van der Waals surface area contributed by atoms with Crippen molar-refractivity contribution in [2.45, 2.75) is 12.8 Å². The van der Waals surface area contributed by atoms with Crippen molar-refractivity contribution in [2.24, 2.45) is 5.92 Å². The number of nitrogens with zero attached hydrogens (tertiary/aromatic N) is 3. The molecule has 0 atom stereocenters. The topological polar surface area (TPSA) is 79.9 Å². The molecule has 0 bridgehead atoms. The Hall–Kier alpha value is -3.39. The van der Waals surface area contributed by atoms with E-state index >= 15 is 0 Å². The van der Waals surface area contributed by atoms with E-state index in [-0.39, 0.29) is 17.7 Å². The smallest absolute Gasteiger partial charge is 0.289 e. The number of carbonyl (C=O) groups excluding carboxylic acids is 2. The highest BCUT2D eigenvalue weighted by Gasteiger charge is 2.28. The molecule has 4 heterocycles. The van der Waals surface area contributed by atoms with Gasteiger partial charge in [0.25, 0.3) is 5.91 Å². The van der Waals surface area contributed by atoms with Crippen LogP contribution in [0.4, 0.5) is 5.69 Å². The van der Waals surface area contributed by atoms with Gasteiger partial charge in [0.2, 0.25) is 5.91 Å². The molecule has 0 unspecified atom stereocenters. The van der Waals surface area contributed by atoms with E-state index in [9.17, 15) is 9.59 Å². The number of hydrogen-bond donors (Lipinski definition) is 1. The number of carbonyl (C=O) groups is 2. The van der Waals surface area contributed by atoms with Crippen molar-refractivity contribution in [3.05, 3.63) is 66.2 Å². The Kier molecular flexibility index (Phi) is 4.84. The molecule has 3 aromatic heterocycles. The van der Waals surface area contributed by atoms with E-state index < -0.39 is 0 Å². The molecule has 1 N–H and O–H groups in total. The number of aromatic nitrogens is 2. The van der Waals surface area contributed by atoms with Gasteiger partial charge in [0.1, 0.15) is 0 Å². The summed E-state index contributed by atoms with van der Waals surface area (Å²) in [5.74, 6) is 0.116. The van der Waals surface area contributed by atoms with Gasteiger partial charge in [-0.15, -0.1) is 11.3 Å². The number of piperidine rings is 1. The summed E-state index contributed by atoms with van der Waals surface area (Å²) in [7, 11) is 0. The molecular formula is C22H20N4O3S. The molecule has 1 fully saturated rings. The first-order valence-electron chi connectivity index (χ1n) is 9.84. The second-order valence-corrected chi connectivity index (χ2v) is 8.20. The highest BCUT2D eigenvalue weighted by molar-refractivity contribution is 7.15. The van der Waals surface area contributed by atoms with Crippen molar-refractivity contribution < 1.29 is 14.0 Å². The Labute approximate surface area is 176 Å². The van der Waals surface area contributed by atoms with Gasteiger partial charge in [0.05, 0.1) is 12.0 Å². The lowest BCUT2D eigenvalue weighted by molar-refractivity contribution is -0.121. The van der Waals surface area contributed by atoms with E-state index in [0.29, 0.717) is 31.7 Å². The molecule has 4 aromatic rings. The Morgan fingerprint density at radius 3 is 2.63 bits per heavy atom. The highest BCUT2D eigenvalue weighted by Crippen LogP contribution is 2.25. The Morgan fingerprint density at radius 1 is 1.13 bits per heavy atom. The van der Waals surface area contributed by atoms with Crippen LogP contribution in [0.15, 0.2) is 64.9 Å². The average molecular weight is 420 g/mol. The third kappa shape index (κ3) is 3.61. The number of rotatable bonds is 4. The van der Waals surface area contributed by atoms with Crippen LogP contribution < -0.4 is 5.32 Å². The number of benzene rings is 1. The minimum Gasteiger partial charge on any atom is -0.459 e. The molecule has 8 heteroatoms. The van der Waals surface area contributed by atoms with Gasteiger partial charge in [0.15, 0.2) is 10.7 Å². The molecule has 1 aliphatic rings. The van der Waals surface area contributed by atoms with E-state index in [4.69, 9.17) is 4.42 Å². The maximum Gasteiger partial charge on any atom is 0.289 e. The molecule has 1 aliphatic heterocycles. The van der Waals surface area contributed by atoms with Crippen molar-refractivity contribution >= 4 is 33.8 Å². The van der Waals surface area contributed by atoms with Gasteiger partial charge in [0, 0.05) is 48.0 Å². The Bertz CT molecular complexity index is 1140. The average Bonchev–Trinajstić information content (AvgIpc) is 3.51.